The minimum atomic E-state index is -3.88. The summed E-state index contributed by atoms with van der Waals surface area (Å²) in [6.07, 6.45) is 0. The first-order chi connectivity index (χ1) is 9.87. The SMILES string of the molecule is O=S(=O)(CCN1CCNCC1)Nc1cc(F)cc(F)c1F. The highest BCUT2D eigenvalue weighted by Crippen LogP contribution is 2.20. The topological polar surface area (TPSA) is 61.4 Å². The first-order valence-electron chi connectivity index (χ1n) is 6.45. The third kappa shape index (κ3) is 4.58. The van der Waals surface area contributed by atoms with Gasteiger partial charge in [-0.2, -0.15) is 0 Å². The predicted molar refractivity (Wildman–Crippen MR) is 73.0 cm³/mol. The second kappa shape index (κ2) is 6.63. The molecule has 0 unspecified atom stereocenters. The second-order valence-corrected chi connectivity index (χ2v) is 6.60. The molecule has 0 spiro atoms. The van der Waals surface area contributed by atoms with Crippen LogP contribution in [0.1, 0.15) is 0 Å². The first kappa shape index (κ1) is 16.1. The molecule has 1 aliphatic heterocycles. The summed E-state index contributed by atoms with van der Waals surface area (Å²) in [7, 11) is -3.88. The van der Waals surface area contributed by atoms with Crippen LogP contribution in [0.3, 0.4) is 0 Å². The molecule has 1 aliphatic rings. The maximum atomic E-state index is 13.4. The van der Waals surface area contributed by atoms with Gasteiger partial charge in [0.05, 0.1) is 11.4 Å². The van der Waals surface area contributed by atoms with Gasteiger partial charge in [0, 0.05) is 44.9 Å². The molecule has 9 heteroatoms. The van der Waals surface area contributed by atoms with Crippen LogP contribution in [0, 0.1) is 17.5 Å². The standard InChI is InChI=1S/C12H16F3N3O2S/c13-9-7-10(14)12(15)11(8-9)17-21(19,20)6-5-18-3-1-16-2-4-18/h7-8,16-17H,1-6H2. The molecule has 1 aromatic carbocycles. The van der Waals surface area contributed by atoms with Crippen LogP contribution in [0.25, 0.3) is 0 Å². The van der Waals surface area contributed by atoms with Gasteiger partial charge >= 0.3 is 0 Å². The van der Waals surface area contributed by atoms with Crippen molar-refractivity contribution in [1.82, 2.24) is 10.2 Å². The summed E-state index contributed by atoms with van der Waals surface area (Å²) in [4.78, 5) is 1.94. The first-order valence-corrected chi connectivity index (χ1v) is 8.11. The lowest BCUT2D eigenvalue weighted by Gasteiger charge is -2.26. The van der Waals surface area contributed by atoms with Gasteiger partial charge in [0.25, 0.3) is 0 Å². The monoisotopic (exact) mass is 323 g/mol. The normalized spacial score (nSPS) is 16.9. The van der Waals surface area contributed by atoms with Gasteiger partial charge in [-0.25, -0.2) is 21.6 Å². The zero-order valence-electron chi connectivity index (χ0n) is 11.2. The lowest BCUT2D eigenvalue weighted by Crippen LogP contribution is -2.45. The molecule has 1 aromatic rings. The molecule has 0 atom stereocenters. The molecule has 0 amide bonds. The van der Waals surface area contributed by atoms with Gasteiger partial charge in [-0.05, 0) is 0 Å². The third-order valence-corrected chi connectivity index (χ3v) is 4.40. The molecule has 2 rings (SSSR count). The Hall–Kier alpha value is -1.32. The molecule has 118 valence electrons. The van der Waals surface area contributed by atoms with E-state index in [1.807, 2.05) is 9.62 Å². The van der Waals surface area contributed by atoms with Crippen LogP contribution in [-0.4, -0.2) is 51.8 Å². The van der Waals surface area contributed by atoms with Gasteiger partial charge in [-0.3, -0.25) is 9.62 Å². The molecular weight excluding hydrogens is 307 g/mol. The fourth-order valence-corrected chi connectivity index (χ4v) is 3.12. The third-order valence-electron chi connectivity index (χ3n) is 3.14. The molecule has 0 aliphatic carbocycles. The van der Waals surface area contributed by atoms with Gasteiger partial charge in [0.1, 0.15) is 5.82 Å². The number of rotatable bonds is 5. The average Bonchev–Trinajstić information content (AvgIpc) is 2.43. The van der Waals surface area contributed by atoms with Crippen molar-refractivity contribution in [2.45, 2.75) is 0 Å². The van der Waals surface area contributed by atoms with E-state index in [0.717, 1.165) is 26.2 Å². The Kier molecular flexibility index (Phi) is 5.07. The Morgan fingerprint density at radius 3 is 2.52 bits per heavy atom. The van der Waals surface area contributed by atoms with Crippen molar-refractivity contribution in [2.24, 2.45) is 0 Å². The fourth-order valence-electron chi connectivity index (χ4n) is 2.03. The number of hydrogen-bond donors (Lipinski definition) is 2. The summed E-state index contributed by atoms with van der Waals surface area (Å²) < 4.78 is 65.0. The van der Waals surface area contributed by atoms with E-state index in [0.29, 0.717) is 12.1 Å². The van der Waals surface area contributed by atoms with E-state index in [4.69, 9.17) is 0 Å². The summed E-state index contributed by atoms with van der Waals surface area (Å²) in [6.45, 7) is 3.27. The summed E-state index contributed by atoms with van der Waals surface area (Å²) in [5.74, 6) is -4.17. The van der Waals surface area contributed by atoms with Crippen LogP contribution in [-0.2, 0) is 10.0 Å². The molecule has 1 fully saturated rings. The maximum absolute atomic E-state index is 13.4. The van der Waals surface area contributed by atoms with E-state index >= 15 is 0 Å². The van der Waals surface area contributed by atoms with E-state index in [2.05, 4.69) is 5.32 Å². The lowest BCUT2D eigenvalue weighted by molar-refractivity contribution is 0.254. The Bertz CT molecular complexity index is 604. The molecule has 0 saturated carbocycles. The fraction of sp³-hybridized carbons (Fsp3) is 0.500. The van der Waals surface area contributed by atoms with Crippen LogP contribution in [0.15, 0.2) is 12.1 Å². The molecule has 2 N–H and O–H groups in total. The van der Waals surface area contributed by atoms with Crippen LogP contribution >= 0.6 is 0 Å². The van der Waals surface area contributed by atoms with E-state index in [1.54, 1.807) is 0 Å². The zero-order valence-corrected chi connectivity index (χ0v) is 12.0. The second-order valence-electron chi connectivity index (χ2n) is 4.76. The van der Waals surface area contributed by atoms with Crippen LogP contribution in [0.2, 0.25) is 0 Å². The number of sulfonamides is 1. The van der Waals surface area contributed by atoms with Crippen LogP contribution in [0.4, 0.5) is 18.9 Å². The van der Waals surface area contributed by atoms with Gasteiger partial charge < -0.3 is 5.32 Å². The van der Waals surface area contributed by atoms with Gasteiger partial charge in [0.2, 0.25) is 10.0 Å². The van der Waals surface area contributed by atoms with Crippen molar-refractivity contribution in [2.75, 3.05) is 43.2 Å². The molecule has 1 heterocycles. The van der Waals surface area contributed by atoms with E-state index in [-0.39, 0.29) is 12.3 Å². The van der Waals surface area contributed by atoms with Gasteiger partial charge in [0.15, 0.2) is 11.6 Å². The van der Waals surface area contributed by atoms with Crippen molar-refractivity contribution < 1.29 is 21.6 Å². The molecule has 0 radical (unpaired) electrons. The number of anilines is 1. The highest BCUT2D eigenvalue weighted by molar-refractivity contribution is 7.92. The number of nitrogens with zero attached hydrogens (tertiary/aromatic N) is 1. The highest BCUT2D eigenvalue weighted by atomic mass is 32.2. The summed E-state index contributed by atoms with van der Waals surface area (Å²) in [5, 5.41) is 3.13. The molecule has 21 heavy (non-hydrogen) atoms. The average molecular weight is 323 g/mol. The molecular formula is C12H16F3N3O2S. The van der Waals surface area contributed by atoms with Crippen molar-refractivity contribution in [3.63, 3.8) is 0 Å². The van der Waals surface area contributed by atoms with Crippen molar-refractivity contribution in [1.29, 1.82) is 0 Å². The number of halogens is 3. The number of piperazine rings is 1. The van der Waals surface area contributed by atoms with E-state index in [1.165, 1.54) is 0 Å². The summed E-state index contributed by atoms with van der Waals surface area (Å²) >= 11 is 0. The molecule has 0 bridgehead atoms. The van der Waals surface area contributed by atoms with Crippen molar-refractivity contribution >= 4 is 15.7 Å². The lowest BCUT2D eigenvalue weighted by atomic mass is 10.3. The van der Waals surface area contributed by atoms with E-state index in [9.17, 15) is 21.6 Å². The Labute approximate surface area is 121 Å². The Morgan fingerprint density at radius 1 is 1.19 bits per heavy atom. The quantitative estimate of drug-likeness (QED) is 0.785. The van der Waals surface area contributed by atoms with Crippen LogP contribution < -0.4 is 10.0 Å². The van der Waals surface area contributed by atoms with Gasteiger partial charge in [-0.1, -0.05) is 0 Å². The molecule has 5 nitrogen and oxygen atoms in total. The Morgan fingerprint density at radius 2 is 1.86 bits per heavy atom. The zero-order chi connectivity index (χ0) is 15.5. The number of benzene rings is 1. The molecule has 0 aromatic heterocycles. The van der Waals surface area contributed by atoms with E-state index < -0.39 is 33.2 Å². The highest BCUT2D eigenvalue weighted by Gasteiger charge is 2.19. The van der Waals surface area contributed by atoms with Crippen LogP contribution in [0.5, 0.6) is 0 Å². The smallest absolute Gasteiger partial charge is 0.234 e. The van der Waals surface area contributed by atoms with Crippen molar-refractivity contribution in [3.05, 3.63) is 29.6 Å². The summed E-state index contributed by atoms with van der Waals surface area (Å²) in [5.41, 5.74) is -0.715. The van der Waals surface area contributed by atoms with Crippen molar-refractivity contribution in [3.8, 4) is 0 Å². The number of hydrogen-bond acceptors (Lipinski definition) is 4. The minimum Gasteiger partial charge on any atom is -0.314 e. The van der Waals surface area contributed by atoms with Gasteiger partial charge in [-0.15, -0.1) is 0 Å². The summed E-state index contributed by atoms with van der Waals surface area (Å²) in [6, 6.07) is 0.967. The predicted octanol–water partition coefficient (Wildman–Crippen LogP) is 0.751. The maximum Gasteiger partial charge on any atom is 0.234 e. The Balaban J connectivity index is 2.00. The number of nitrogens with one attached hydrogen (secondary N) is 2. The molecule has 1 saturated heterocycles. The largest absolute Gasteiger partial charge is 0.314 e. The minimum absolute atomic E-state index is 0.273.